The molecule has 0 aliphatic rings. The number of ether oxygens (including phenoxy) is 1. The quantitative estimate of drug-likeness (QED) is 0.493. The van der Waals surface area contributed by atoms with E-state index in [9.17, 15) is 18.3 Å². The number of hydrogen-bond acceptors (Lipinski definition) is 5. The summed E-state index contributed by atoms with van der Waals surface area (Å²) < 4.78 is 56.0. The number of aromatic nitrogens is 1. The smallest absolute Gasteiger partial charge is 0.437 e. The second-order valence-corrected chi connectivity index (χ2v) is 5.76. The standard InChI is InChI=1S/C19H12F3NO4.H2/c1-25-11-6-7-12(13(24)9-11)17-16(18(23-27-17)19(20,21)22)15-8-10-4-2-3-5-14(10)26-15;/h2-9,24H,1H3;1H. The van der Waals surface area contributed by atoms with Gasteiger partial charge in [0.1, 0.15) is 22.8 Å². The second kappa shape index (κ2) is 6.08. The molecule has 1 N–H and O–H groups in total. The zero-order valence-corrected chi connectivity index (χ0v) is 13.9. The van der Waals surface area contributed by atoms with Gasteiger partial charge in [0.2, 0.25) is 0 Å². The van der Waals surface area contributed by atoms with Crippen molar-refractivity contribution in [1.29, 1.82) is 0 Å². The summed E-state index contributed by atoms with van der Waals surface area (Å²) >= 11 is 0. The van der Waals surface area contributed by atoms with Crippen LogP contribution in [-0.4, -0.2) is 17.4 Å². The van der Waals surface area contributed by atoms with Gasteiger partial charge in [0, 0.05) is 12.9 Å². The number of fused-ring (bicyclic) bond motifs is 1. The molecule has 2 aromatic heterocycles. The molecule has 0 aliphatic heterocycles. The van der Waals surface area contributed by atoms with Crippen LogP contribution in [0.25, 0.3) is 33.6 Å². The van der Waals surface area contributed by atoms with Gasteiger partial charge in [-0.3, -0.25) is 0 Å². The Kier molecular flexibility index (Phi) is 3.83. The van der Waals surface area contributed by atoms with Crippen molar-refractivity contribution in [3.05, 3.63) is 54.2 Å². The molecule has 8 heteroatoms. The molecule has 4 rings (SSSR count). The maximum absolute atomic E-state index is 13.5. The van der Waals surface area contributed by atoms with Crippen molar-refractivity contribution >= 4 is 11.0 Å². The van der Waals surface area contributed by atoms with Crippen molar-refractivity contribution in [3.8, 4) is 34.1 Å². The number of aromatic hydroxyl groups is 1. The molecule has 0 aliphatic carbocycles. The molecule has 0 fully saturated rings. The summed E-state index contributed by atoms with van der Waals surface area (Å²) in [5.74, 6) is -0.273. The highest BCUT2D eigenvalue weighted by Crippen LogP contribution is 2.46. The van der Waals surface area contributed by atoms with Gasteiger partial charge in [0.15, 0.2) is 11.5 Å². The molecule has 0 radical (unpaired) electrons. The predicted molar refractivity (Wildman–Crippen MR) is 92.5 cm³/mol. The summed E-state index contributed by atoms with van der Waals surface area (Å²) in [6, 6.07) is 12.4. The number of methoxy groups -OCH3 is 1. The van der Waals surface area contributed by atoms with E-state index in [1.165, 1.54) is 31.4 Å². The van der Waals surface area contributed by atoms with E-state index in [2.05, 4.69) is 5.16 Å². The van der Waals surface area contributed by atoms with Crippen LogP contribution < -0.4 is 4.74 Å². The Bertz CT molecular complexity index is 1100. The first-order valence-electron chi connectivity index (χ1n) is 7.81. The van der Waals surface area contributed by atoms with Gasteiger partial charge in [-0.05, 0) is 24.3 Å². The van der Waals surface area contributed by atoms with Crippen molar-refractivity contribution < 1.29 is 33.4 Å². The van der Waals surface area contributed by atoms with E-state index in [1.54, 1.807) is 24.3 Å². The van der Waals surface area contributed by atoms with Crippen molar-refractivity contribution in [2.24, 2.45) is 0 Å². The fourth-order valence-electron chi connectivity index (χ4n) is 2.83. The molecule has 0 bridgehead atoms. The number of hydrogen-bond donors (Lipinski definition) is 1. The molecular weight excluding hydrogens is 363 g/mol. The number of furan rings is 1. The van der Waals surface area contributed by atoms with E-state index >= 15 is 0 Å². The molecule has 0 spiro atoms. The summed E-state index contributed by atoms with van der Waals surface area (Å²) in [5.41, 5.74) is -1.15. The van der Waals surface area contributed by atoms with Crippen molar-refractivity contribution in [2.45, 2.75) is 6.18 Å². The van der Waals surface area contributed by atoms with Gasteiger partial charge >= 0.3 is 6.18 Å². The average molecular weight is 377 g/mol. The van der Waals surface area contributed by atoms with Crippen molar-refractivity contribution in [3.63, 3.8) is 0 Å². The fraction of sp³-hybridized carbons (Fsp3) is 0.105. The summed E-state index contributed by atoms with van der Waals surface area (Å²) in [5, 5.41) is 14.0. The molecule has 4 aromatic rings. The van der Waals surface area contributed by atoms with Crippen LogP contribution >= 0.6 is 0 Å². The molecule has 27 heavy (non-hydrogen) atoms. The van der Waals surface area contributed by atoms with E-state index in [-0.39, 0.29) is 29.8 Å². The Balaban J connectivity index is 0.00000225. The summed E-state index contributed by atoms with van der Waals surface area (Å²) in [7, 11) is 1.41. The Morgan fingerprint density at radius 3 is 2.56 bits per heavy atom. The first kappa shape index (κ1) is 17.0. The maximum atomic E-state index is 13.5. The number of alkyl halides is 3. The normalized spacial score (nSPS) is 11.9. The third-order valence-electron chi connectivity index (χ3n) is 4.08. The van der Waals surface area contributed by atoms with Gasteiger partial charge in [-0.1, -0.05) is 23.4 Å². The fourth-order valence-corrected chi connectivity index (χ4v) is 2.83. The van der Waals surface area contributed by atoms with Gasteiger partial charge in [-0.25, -0.2) is 0 Å². The lowest BCUT2D eigenvalue weighted by molar-refractivity contribution is -0.142. The van der Waals surface area contributed by atoms with Crippen LogP contribution in [0.1, 0.15) is 7.12 Å². The Labute approximate surface area is 152 Å². The number of phenols is 1. The first-order chi connectivity index (χ1) is 12.9. The van der Waals surface area contributed by atoms with Crippen molar-refractivity contribution in [2.75, 3.05) is 7.11 Å². The lowest BCUT2D eigenvalue weighted by atomic mass is 10.0. The van der Waals surface area contributed by atoms with Crippen LogP contribution in [0.3, 0.4) is 0 Å². The van der Waals surface area contributed by atoms with Crippen LogP contribution in [0.15, 0.2) is 57.5 Å². The number of benzene rings is 2. The highest BCUT2D eigenvalue weighted by molar-refractivity contribution is 5.88. The number of para-hydroxylation sites is 1. The minimum Gasteiger partial charge on any atom is -0.507 e. The summed E-state index contributed by atoms with van der Waals surface area (Å²) in [6.45, 7) is 0. The van der Waals surface area contributed by atoms with E-state index < -0.39 is 11.9 Å². The minimum absolute atomic E-state index is 0. The number of nitrogens with zero attached hydrogens (tertiary/aromatic N) is 1. The first-order valence-corrected chi connectivity index (χ1v) is 7.81. The minimum atomic E-state index is -4.77. The molecular formula is C19H14F3NO4. The van der Waals surface area contributed by atoms with Crippen molar-refractivity contribution in [1.82, 2.24) is 5.16 Å². The Morgan fingerprint density at radius 1 is 1.11 bits per heavy atom. The number of halogens is 3. The molecule has 2 heterocycles. The molecule has 5 nitrogen and oxygen atoms in total. The lowest BCUT2D eigenvalue weighted by Crippen LogP contribution is -2.07. The van der Waals surface area contributed by atoms with Gasteiger partial charge in [-0.15, -0.1) is 0 Å². The topological polar surface area (TPSA) is 68.6 Å². The average Bonchev–Trinajstić information content (AvgIpc) is 3.24. The van der Waals surface area contributed by atoms with E-state index in [0.717, 1.165) is 0 Å². The molecule has 0 unspecified atom stereocenters. The molecule has 0 saturated heterocycles. The monoisotopic (exact) mass is 377 g/mol. The van der Waals surface area contributed by atoms with Crippen LogP contribution in [0.5, 0.6) is 11.5 Å². The molecule has 0 amide bonds. The van der Waals surface area contributed by atoms with E-state index in [1.807, 2.05) is 0 Å². The van der Waals surface area contributed by atoms with Gasteiger partial charge in [0.05, 0.1) is 18.2 Å². The van der Waals surface area contributed by atoms with Gasteiger partial charge < -0.3 is 18.8 Å². The zero-order valence-electron chi connectivity index (χ0n) is 13.9. The predicted octanol–water partition coefficient (Wildman–Crippen LogP) is 5.73. The molecule has 140 valence electrons. The highest BCUT2D eigenvalue weighted by Gasteiger charge is 2.41. The van der Waals surface area contributed by atoms with Crippen LogP contribution in [0, 0.1) is 0 Å². The van der Waals surface area contributed by atoms with Crippen LogP contribution in [0.2, 0.25) is 0 Å². The summed E-state index contributed by atoms with van der Waals surface area (Å²) in [6.07, 6.45) is -4.77. The van der Waals surface area contributed by atoms with E-state index in [4.69, 9.17) is 13.7 Å². The third-order valence-corrected chi connectivity index (χ3v) is 4.08. The second-order valence-electron chi connectivity index (χ2n) is 5.76. The zero-order chi connectivity index (χ0) is 19.2. The molecule has 0 saturated carbocycles. The number of phenolic OH excluding ortho intramolecular Hbond substituents is 1. The van der Waals surface area contributed by atoms with Crippen LogP contribution in [-0.2, 0) is 6.18 Å². The maximum Gasteiger partial charge on any atom is 0.437 e. The largest absolute Gasteiger partial charge is 0.507 e. The Hall–Kier alpha value is -3.42. The van der Waals surface area contributed by atoms with Gasteiger partial charge in [0.25, 0.3) is 0 Å². The van der Waals surface area contributed by atoms with Crippen LogP contribution in [0.4, 0.5) is 13.2 Å². The third kappa shape index (κ3) is 2.88. The highest BCUT2D eigenvalue weighted by atomic mass is 19.4. The molecule has 0 atom stereocenters. The number of rotatable bonds is 3. The molecule has 2 aromatic carbocycles. The SMILES string of the molecule is COc1ccc(-c2onc(C(F)(F)F)c2-c2cc3ccccc3o2)c(O)c1.[HH]. The van der Waals surface area contributed by atoms with E-state index in [0.29, 0.717) is 16.7 Å². The van der Waals surface area contributed by atoms with Gasteiger partial charge in [-0.2, -0.15) is 13.2 Å². The lowest BCUT2D eigenvalue weighted by Gasteiger charge is -2.07. The summed E-state index contributed by atoms with van der Waals surface area (Å²) in [4.78, 5) is 0. The Morgan fingerprint density at radius 2 is 1.89 bits per heavy atom.